The first-order valence-electron chi connectivity index (χ1n) is 15.6. The molecule has 0 atom stereocenters. The summed E-state index contributed by atoms with van der Waals surface area (Å²) in [5, 5.41) is 9.10. The predicted molar refractivity (Wildman–Crippen MR) is 175 cm³/mol. The molecule has 3 heterocycles. The molecule has 0 bridgehead atoms. The Kier molecular flexibility index (Phi) is 9.12. The third-order valence-electron chi connectivity index (χ3n) is 8.65. The molecule has 47 heavy (non-hydrogen) atoms. The van der Waals surface area contributed by atoms with E-state index in [0.29, 0.717) is 36.7 Å². The first kappa shape index (κ1) is 32.0. The van der Waals surface area contributed by atoms with Crippen LogP contribution < -0.4 is 20.9 Å². The van der Waals surface area contributed by atoms with Gasteiger partial charge in [0, 0.05) is 65.5 Å². The van der Waals surface area contributed by atoms with Crippen LogP contribution in [0.15, 0.2) is 72.9 Å². The van der Waals surface area contributed by atoms with Crippen LogP contribution in [-0.2, 0) is 19.1 Å². The number of aryl methyl sites for hydroxylation is 1. The SMILES string of the molecule is Cc1ccc(NC(=O)c2cccc(C(F)(F)F)c2)cc1N1CCc2nc(Nc3ccc(C(=O)NC4CCN(C)CC4)cc3)ncc2C1. The van der Waals surface area contributed by atoms with Crippen molar-refractivity contribution in [1.29, 1.82) is 0 Å². The van der Waals surface area contributed by atoms with Gasteiger partial charge in [0.05, 0.1) is 11.3 Å². The number of rotatable bonds is 7. The van der Waals surface area contributed by atoms with Crippen molar-refractivity contribution in [3.63, 3.8) is 0 Å². The van der Waals surface area contributed by atoms with E-state index >= 15 is 0 Å². The minimum Gasteiger partial charge on any atom is -0.366 e. The number of hydrogen-bond acceptors (Lipinski definition) is 7. The standard InChI is InChI=1S/C35H36F3N7O2/c1-22-6-9-29(41-33(47)24-4-3-5-26(18-24)35(36,37)38)19-31(22)45-17-14-30-25(21-45)20-39-34(43-30)42-27-10-7-23(8-11-27)32(46)40-28-12-15-44(2)16-13-28/h3-11,18-20,28H,12-17,21H2,1-2H3,(H,40,46)(H,41,47)(H,39,42,43). The number of carbonyl (C=O) groups excluding carboxylic acids is 2. The minimum absolute atomic E-state index is 0.0696. The number of halogens is 3. The topological polar surface area (TPSA) is 102 Å². The third kappa shape index (κ3) is 7.71. The Bertz CT molecular complexity index is 1770. The summed E-state index contributed by atoms with van der Waals surface area (Å²) in [5.74, 6) is -0.218. The lowest BCUT2D eigenvalue weighted by molar-refractivity contribution is -0.137. The van der Waals surface area contributed by atoms with E-state index in [1.54, 1.807) is 24.4 Å². The fourth-order valence-corrected chi connectivity index (χ4v) is 5.91. The van der Waals surface area contributed by atoms with Gasteiger partial charge in [0.1, 0.15) is 0 Å². The molecule has 2 aliphatic rings. The lowest BCUT2D eigenvalue weighted by Crippen LogP contribution is -2.43. The number of hydrogen-bond donors (Lipinski definition) is 3. The molecule has 9 nitrogen and oxygen atoms in total. The molecule has 6 rings (SSSR count). The van der Waals surface area contributed by atoms with Crippen molar-refractivity contribution in [3.05, 3.63) is 106 Å². The number of fused-ring (bicyclic) bond motifs is 1. The van der Waals surface area contributed by atoms with Crippen LogP contribution in [0, 0.1) is 6.92 Å². The summed E-state index contributed by atoms with van der Waals surface area (Å²) < 4.78 is 39.4. The molecule has 3 N–H and O–H groups in total. The highest BCUT2D eigenvalue weighted by molar-refractivity contribution is 6.04. The van der Waals surface area contributed by atoms with Crippen LogP contribution in [0.2, 0.25) is 0 Å². The van der Waals surface area contributed by atoms with Gasteiger partial charge in [-0.1, -0.05) is 12.1 Å². The maximum absolute atomic E-state index is 13.1. The zero-order chi connectivity index (χ0) is 33.1. The largest absolute Gasteiger partial charge is 0.416 e. The van der Waals surface area contributed by atoms with Crippen LogP contribution in [0.4, 0.5) is 36.2 Å². The summed E-state index contributed by atoms with van der Waals surface area (Å²) >= 11 is 0. The normalized spacial score (nSPS) is 15.6. The number of nitrogens with one attached hydrogen (secondary N) is 3. The van der Waals surface area contributed by atoms with Gasteiger partial charge in [-0.2, -0.15) is 13.2 Å². The van der Waals surface area contributed by atoms with E-state index in [-0.39, 0.29) is 17.5 Å². The van der Waals surface area contributed by atoms with Crippen LogP contribution >= 0.6 is 0 Å². The number of benzene rings is 3. The molecular formula is C35H36F3N7O2. The minimum atomic E-state index is -4.53. The third-order valence-corrected chi connectivity index (χ3v) is 8.65. The maximum atomic E-state index is 13.1. The van der Waals surface area contributed by atoms with Gasteiger partial charge in [0.2, 0.25) is 5.95 Å². The van der Waals surface area contributed by atoms with Crippen LogP contribution in [0.5, 0.6) is 0 Å². The molecule has 0 saturated carbocycles. The zero-order valence-electron chi connectivity index (χ0n) is 26.2. The van der Waals surface area contributed by atoms with Gasteiger partial charge in [-0.15, -0.1) is 0 Å². The molecule has 2 amide bonds. The van der Waals surface area contributed by atoms with Crippen LogP contribution in [0.25, 0.3) is 0 Å². The average molecular weight is 644 g/mol. The smallest absolute Gasteiger partial charge is 0.366 e. The Morgan fingerprint density at radius 3 is 2.38 bits per heavy atom. The Balaban J connectivity index is 1.08. The molecule has 4 aromatic rings. The first-order valence-corrected chi connectivity index (χ1v) is 15.6. The van der Waals surface area contributed by atoms with E-state index < -0.39 is 17.6 Å². The molecular weight excluding hydrogens is 607 g/mol. The monoisotopic (exact) mass is 643 g/mol. The molecule has 0 spiro atoms. The molecule has 2 aliphatic heterocycles. The summed E-state index contributed by atoms with van der Waals surface area (Å²) in [6.07, 6.45) is -0.162. The summed E-state index contributed by atoms with van der Waals surface area (Å²) in [6, 6.07) is 17.3. The van der Waals surface area contributed by atoms with Crippen molar-refractivity contribution < 1.29 is 22.8 Å². The van der Waals surface area contributed by atoms with Gasteiger partial charge in [-0.05, 0) is 100 Å². The number of anilines is 4. The lowest BCUT2D eigenvalue weighted by atomic mass is 10.0. The van der Waals surface area contributed by atoms with Crippen LogP contribution in [0.1, 0.15) is 55.9 Å². The van der Waals surface area contributed by atoms with E-state index in [0.717, 1.165) is 66.3 Å². The fraction of sp³-hybridized carbons (Fsp3) is 0.314. The number of carbonyl (C=O) groups is 2. The van der Waals surface area contributed by atoms with Gasteiger partial charge in [0.15, 0.2) is 0 Å². The predicted octanol–water partition coefficient (Wildman–Crippen LogP) is 6.19. The van der Waals surface area contributed by atoms with E-state index in [1.165, 1.54) is 12.1 Å². The van der Waals surface area contributed by atoms with Gasteiger partial charge >= 0.3 is 6.18 Å². The molecule has 0 unspecified atom stereocenters. The summed E-state index contributed by atoms with van der Waals surface area (Å²) in [5.41, 5.74) is 4.73. The highest BCUT2D eigenvalue weighted by Crippen LogP contribution is 2.31. The summed E-state index contributed by atoms with van der Waals surface area (Å²) in [7, 11) is 2.09. The van der Waals surface area contributed by atoms with E-state index in [4.69, 9.17) is 4.98 Å². The Hall–Kier alpha value is -4.97. The number of piperidine rings is 1. The van der Waals surface area contributed by atoms with Crippen molar-refractivity contribution in [1.82, 2.24) is 20.2 Å². The van der Waals surface area contributed by atoms with Crippen molar-refractivity contribution in [2.45, 2.75) is 44.9 Å². The molecule has 244 valence electrons. The van der Waals surface area contributed by atoms with Crippen LogP contribution in [0.3, 0.4) is 0 Å². The molecule has 3 aromatic carbocycles. The second-order valence-corrected chi connectivity index (χ2v) is 12.1. The highest BCUT2D eigenvalue weighted by atomic mass is 19.4. The number of alkyl halides is 3. The van der Waals surface area contributed by atoms with E-state index in [1.807, 2.05) is 31.2 Å². The quantitative estimate of drug-likeness (QED) is 0.221. The van der Waals surface area contributed by atoms with Gasteiger partial charge in [-0.3, -0.25) is 9.59 Å². The maximum Gasteiger partial charge on any atom is 0.416 e. The number of aromatic nitrogens is 2. The van der Waals surface area contributed by atoms with Crippen molar-refractivity contribution in [3.8, 4) is 0 Å². The number of nitrogens with zero attached hydrogens (tertiary/aromatic N) is 4. The molecule has 1 aromatic heterocycles. The highest BCUT2D eigenvalue weighted by Gasteiger charge is 2.31. The number of amides is 2. The van der Waals surface area contributed by atoms with Gasteiger partial charge < -0.3 is 25.8 Å². The summed E-state index contributed by atoms with van der Waals surface area (Å²) in [6.45, 7) is 5.16. The van der Waals surface area contributed by atoms with Crippen molar-refractivity contribution in [2.75, 3.05) is 42.2 Å². The average Bonchev–Trinajstić information content (AvgIpc) is 3.06. The Morgan fingerprint density at radius 1 is 0.894 bits per heavy atom. The van der Waals surface area contributed by atoms with E-state index in [2.05, 4.69) is 37.8 Å². The second kappa shape index (κ2) is 13.4. The van der Waals surface area contributed by atoms with Crippen LogP contribution in [-0.4, -0.2) is 59.4 Å². The Morgan fingerprint density at radius 2 is 1.64 bits per heavy atom. The van der Waals surface area contributed by atoms with E-state index in [9.17, 15) is 22.8 Å². The van der Waals surface area contributed by atoms with Crippen molar-refractivity contribution >= 4 is 34.8 Å². The number of likely N-dealkylation sites (tertiary alicyclic amines) is 1. The second-order valence-electron chi connectivity index (χ2n) is 12.1. The lowest BCUT2D eigenvalue weighted by Gasteiger charge is -2.31. The van der Waals surface area contributed by atoms with Gasteiger partial charge in [-0.25, -0.2) is 9.97 Å². The zero-order valence-corrected chi connectivity index (χ0v) is 26.2. The summed E-state index contributed by atoms with van der Waals surface area (Å²) in [4.78, 5) is 39.2. The molecule has 1 fully saturated rings. The Labute approximate surface area is 271 Å². The molecule has 0 radical (unpaired) electrons. The first-order chi connectivity index (χ1) is 22.5. The molecule has 12 heteroatoms. The molecule has 0 aliphatic carbocycles. The van der Waals surface area contributed by atoms with Gasteiger partial charge in [0.25, 0.3) is 11.8 Å². The molecule has 1 saturated heterocycles. The fourth-order valence-electron chi connectivity index (χ4n) is 5.91. The van der Waals surface area contributed by atoms with Crippen molar-refractivity contribution in [2.24, 2.45) is 0 Å².